The van der Waals surface area contributed by atoms with E-state index in [1.165, 1.54) is 6.34 Å². The van der Waals surface area contributed by atoms with E-state index in [2.05, 4.69) is 4.98 Å². The van der Waals surface area contributed by atoms with E-state index in [9.17, 15) is 9.59 Å². The highest BCUT2D eigenvalue weighted by Gasteiger charge is 2.33. The number of rotatable bonds is 5. The topological polar surface area (TPSA) is 104 Å². The van der Waals surface area contributed by atoms with Gasteiger partial charge in [-0.15, -0.1) is 0 Å². The molecule has 30 heavy (non-hydrogen) atoms. The van der Waals surface area contributed by atoms with E-state index in [1.807, 2.05) is 11.0 Å². The third kappa shape index (κ3) is 3.04. The lowest BCUT2D eigenvalue weighted by atomic mass is 10.0. The summed E-state index contributed by atoms with van der Waals surface area (Å²) in [7, 11) is 0. The minimum Gasteiger partial charge on any atom is -0.339 e. The summed E-state index contributed by atoms with van der Waals surface area (Å²) in [6.45, 7) is 1.92. The molecule has 8 heteroatoms. The van der Waals surface area contributed by atoms with Gasteiger partial charge in [-0.1, -0.05) is 6.07 Å². The largest absolute Gasteiger partial charge is 0.339 e. The molecule has 8 nitrogen and oxygen atoms in total. The molecule has 0 unspecified atom stereocenters. The first kappa shape index (κ1) is 18.5. The van der Waals surface area contributed by atoms with Gasteiger partial charge in [-0.2, -0.15) is 0 Å². The molecule has 5 rings (SSSR count). The molecule has 152 valence electrons. The monoisotopic (exact) mass is 402 g/mol. The second-order valence-corrected chi connectivity index (χ2v) is 7.91. The van der Waals surface area contributed by atoms with Crippen LogP contribution < -0.4 is 4.90 Å². The van der Waals surface area contributed by atoms with E-state index in [0.717, 1.165) is 37.9 Å². The second kappa shape index (κ2) is 7.05. The zero-order valence-electron chi connectivity index (χ0n) is 16.5. The first-order chi connectivity index (χ1) is 14.6. The summed E-state index contributed by atoms with van der Waals surface area (Å²) in [5.41, 5.74) is 2.43. The number of fused-ring (bicyclic) bond motifs is 1. The fourth-order valence-electron chi connectivity index (χ4n) is 3.88. The van der Waals surface area contributed by atoms with Gasteiger partial charge in [-0.25, -0.2) is 4.98 Å². The lowest BCUT2D eigenvalue weighted by Gasteiger charge is -2.31. The third-order valence-corrected chi connectivity index (χ3v) is 5.89. The van der Waals surface area contributed by atoms with Crippen molar-refractivity contribution < 1.29 is 9.59 Å². The van der Waals surface area contributed by atoms with Crippen molar-refractivity contribution in [2.45, 2.75) is 31.8 Å². The number of hydrogen-bond donors (Lipinski definition) is 2. The number of amidine groups is 1. The maximum absolute atomic E-state index is 13.0. The lowest BCUT2D eigenvalue weighted by Crippen LogP contribution is -2.42. The van der Waals surface area contributed by atoms with E-state index >= 15 is 0 Å². The number of nitrogens with zero attached hydrogens (tertiary/aromatic N) is 4. The Morgan fingerprint density at radius 1 is 1.20 bits per heavy atom. The number of carbonyl (C=O) groups is 2. The molecular weight excluding hydrogens is 380 g/mol. The van der Waals surface area contributed by atoms with Crippen LogP contribution in [-0.2, 0) is 6.54 Å². The minimum atomic E-state index is -0.157. The average molecular weight is 402 g/mol. The highest BCUT2D eigenvalue weighted by Crippen LogP contribution is 2.30. The Balaban J connectivity index is 1.39. The molecule has 1 saturated carbocycles. The van der Waals surface area contributed by atoms with Gasteiger partial charge in [0, 0.05) is 30.3 Å². The summed E-state index contributed by atoms with van der Waals surface area (Å²) in [5.74, 6) is 0.487. The SMILES string of the molecule is N=CN(C(=N)c1cccc(N2Cc3cc(C(=O)N4CCC4)ccc3C2=O)n1)C1CC1. The van der Waals surface area contributed by atoms with E-state index in [0.29, 0.717) is 29.2 Å². The Morgan fingerprint density at radius 3 is 2.67 bits per heavy atom. The Morgan fingerprint density at radius 2 is 2.00 bits per heavy atom. The summed E-state index contributed by atoms with van der Waals surface area (Å²) in [5, 5.41) is 16.0. The Kier molecular flexibility index (Phi) is 4.34. The first-order valence-corrected chi connectivity index (χ1v) is 10.2. The molecule has 2 N–H and O–H groups in total. The quantitative estimate of drug-likeness (QED) is 0.592. The Bertz CT molecular complexity index is 1070. The van der Waals surface area contributed by atoms with Gasteiger partial charge >= 0.3 is 0 Å². The fourth-order valence-corrected chi connectivity index (χ4v) is 3.88. The van der Waals surface area contributed by atoms with E-state index in [4.69, 9.17) is 10.8 Å². The van der Waals surface area contributed by atoms with E-state index in [1.54, 1.807) is 40.1 Å². The van der Waals surface area contributed by atoms with Crippen molar-refractivity contribution in [3.63, 3.8) is 0 Å². The summed E-state index contributed by atoms with van der Waals surface area (Å²) in [6, 6.07) is 10.7. The van der Waals surface area contributed by atoms with Crippen molar-refractivity contribution in [1.29, 1.82) is 10.8 Å². The molecule has 2 amide bonds. The average Bonchev–Trinajstić information content (AvgIpc) is 3.50. The molecular formula is C22H22N6O2. The fraction of sp³-hybridized carbons (Fsp3) is 0.318. The van der Waals surface area contributed by atoms with Gasteiger partial charge in [-0.05, 0) is 55.2 Å². The van der Waals surface area contributed by atoms with Gasteiger partial charge in [0.1, 0.15) is 11.5 Å². The number of pyridine rings is 1. The molecule has 1 aromatic carbocycles. The third-order valence-electron chi connectivity index (χ3n) is 5.89. The van der Waals surface area contributed by atoms with Crippen molar-refractivity contribution in [2.24, 2.45) is 0 Å². The van der Waals surface area contributed by atoms with Gasteiger partial charge in [0.05, 0.1) is 12.9 Å². The van der Waals surface area contributed by atoms with Crippen LogP contribution in [-0.4, -0.2) is 57.9 Å². The van der Waals surface area contributed by atoms with Crippen LogP contribution in [0, 0.1) is 10.8 Å². The standard InChI is InChI=1S/C22H22N6O2/c23-13-28(16-6-7-16)20(24)18-3-1-4-19(25-18)27-12-15-11-14(5-8-17(15)22(27)30)21(29)26-9-2-10-26/h1,3-5,8,11,13,16,23-24H,2,6-7,9-10,12H2. The molecule has 0 spiro atoms. The molecule has 3 aliphatic rings. The van der Waals surface area contributed by atoms with Gasteiger partial charge in [0.25, 0.3) is 11.8 Å². The molecule has 2 fully saturated rings. The summed E-state index contributed by atoms with van der Waals surface area (Å²) in [4.78, 5) is 35.0. The van der Waals surface area contributed by atoms with E-state index in [-0.39, 0.29) is 23.7 Å². The molecule has 1 saturated heterocycles. The summed E-state index contributed by atoms with van der Waals surface area (Å²) < 4.78 is 0. The number of aromatic nitrogens is 1. The normalized spacial score (nSPS) is 17.4. The van der Waals surface area contributed by atoms with Gasteiger partial charge < -0.3 is 9.80 Å². The van der Waals surface area contributed by atoms with Crippen LogP contribution in [0.1, 0.15) is 51.2 Å². The van der Waals surface area contributed by atoms with Gasteiger partial charge in [0.2, 0.25) is 0 Å². The van der Waals surface area contributed by atoms with Gasteiger partial charge in [-0.3, -0.25) is 25.3 Å². The minimum absolute atomic E-state index is 0.00957. The molecule has 0 atom stereocenters. The van der Waals surface area contributed by atoms with Crippen LogP contribution >= 0.6 is 0 Å². The molecule has 3 heterocycles. The molecule has 1 aliphatic carbocycles. The van der Waals surface area contributed by atoms with Crippen molar-refractivity contribution in [3.05, 3.63) is 58.8 Å². The van der Waals surface area contributed by atoms with Crippen molar-refractivity contribution in [3.8, 4) is 0 Å². The predicted octanol–water partition coefficient (Wildman–Crippen LogP) is 2.48. The first-order valence-electron chi connectivity index (χ1n) is 10.2. The van der Waals surface area contributed by atoms with Crippen molar-refractivity contribution in [2.75, 3.05) is 18.0 Å². The number of hydrogen-bond acceptors (Lipinski definition) is 5. The predicted molar refractivity (Wildman–Crippen MR) is 112 cm³/mol. The molecule has 2 aliphatic heterocycles. The molecule has 2 aromatic rings. The van der Waals surface area contributed by atoms with Crippen LogP contribution in [0.3, 0.4) is 0 Å². The lowest BCUT2D eigenvalue weighted by molar-refractivity contribution is 0.0651. The number of benzene rings is 1. The number of anilines is 1. The molecule has 1 aromatic heterocycles. The van der Waals surface area contributed by atoms with Crippen LogP contribution in [0.25, 0.3) is 0 Å². The zero-order chi connectivity index (χ0) is 20.8. The number of nitrogens with one attached hydrogen (secondary N) is 2. The van der Waals surface area contributed by atoms with Crippen LogP contribution in [0.2, 0.25) is 0 Å². The Hall–Kier alpha value is -3.55. The highest BCUT2D eigenvalue weighted by atomic mass is 16.2. The number of carbonyl (C=O) groups excluding carboxylic acids is 2. The molecule has 0 bridgehead atoms. The van der Waals surface area contributed by atoms with Gasteiger partial charge in [0.15, 0.2) is 5.84 Å². The molecule has 0 radical (unpaired) electrons. The number of amides is 2. The second-order valence-electron chi connectivity index (χ2n) is 7.91. The zero-order valence-corrected chi connectivity index (χ0v) is 16.5. The van der Waals surface area contributed by atoms with Crippen LogP contribution in [0.5, 0.6) is 0 Å². The van der Waals surface area contributed by atoms with Crippen LogP contribution in [0.15, 0.2) is 36.4 Å². The number of likely N-dealkylation sites (tertiary alicyclic amines) is 1. The maximum atomic E-state index is 13.0. The Labute approximate surface area is 174 Å². The van der Waals surface area contributed by atoms with Crippen molar-refractivity contribution >= 4 is 29.8 Å². The summed E-state index contributed by atoms with van der Waals surface area (Å²) >= 11 is 0. The van der Waals surface area contributed by atoms with Crippen LogP contribution in [0.4, 0.5) is 5.82 Å². The van der Waals surface area contributed by atoms with Crippen molar-refractivity contribution in [1.82, 2.24) is 14.8 Å². The van der Waals surface area contributed by atoms with E-state index < -0.39 is 0 Å². The summed E-state index contributed by atoms with van der Waals surface area (Å²) in [6.07, 6.45) is 4.14. The highest BCUT2D eigenvalue weighted by molar-refractivity contribution is 6.10. The smallest absolute Gasteiger partial charge is 0.260 e. The maximum Gasteiger partial charge on any atom is 0.260 e.